The van der Waals surface area contributed by atoms with Gasteiger partial charge in [-0.2, -0.15) is 0 Å². The Morgan fingerprint density at radius 3 is 2.49 bits per heavy atom. The third-order valence-corrected chi connectivity index (χ3v) is 10.5. The third kappa shape index (κ3) is 5.88. The maximum absolute atomic E-state index is 14.1. The minimum Gasteiger partial charge on any atom is -0.337 e. The fraction of sp³-hybridized carbons (Fsp3) is 0.353. The minimum atomic E-state index is -3.77. The van der Waals surface area contributed by atoms with Crippen LogP contribution in [0, 0.1) is 18.7 Å². The molecule has 4 aromatic rings. The molecule has 0 radical (unpaired) electrons. The molecule has 224 valence electrons. The molecule has 7 nitrogen and oxygen atoms in total. The van der Waals surface area contributed by atoms with Gasteiger partial charge in [0.2, 0.25) is 15.9 Å². The lowest BCUT2D eigenvalue weighted by Crippen LogP contribution is -2.37. The van der Waals surface area contributed by atoms with Gasteiger partial charge in [0, 0.05) is 37.1 Å². The number of nitrogens with zero attached hydrogens (tertiary/aromatic N) is 3. The zero-order valence-electron chi connectivity index (χ0n) is 24.9. The summed E-state index contributed by atoms with van der Waals surface area (Å²) < 4.78 is 45.3. The van der Waals surface area contributed by atoms with Gasteiger partial charge >= 0.3 is 0 Å². The van der Waals surface area contributed by atoms with Crippen LogP contribution in [0.2, 0.25) is 0 Å². The molecule has 3 atom stereocenters. The molecule has 1 aromatic heterocycles. The number of carbonyl (C=O) groups is 1. The second kappa shape index (κ2) is 11.0. The largest absolute Gasteiger partial charge is 0.337 e. The number of imidazole rings is 1. The Hall–Kier alpha value is -3.82. The molecule has 0 spiro atoms. The molecule has 1 heterocycles. The van der Waals surface area contributed by atoms with E-state index in [1.807, 2.05) is 42.9 Å². The average Bonchev–Trinajstić information content (AvgIpc) is 3.67. The number of carbonyl (C=O) groups excluding carboxylic acids is 1. The summed E-state index contributed by atoms with van der Waals surface area (Å²) in [4.78, 5) is 20.6. The number of halogens is 1. The van der Waals surface area contributed by atoms with Crippen molar-refractivity contribution in [2.24, 2.45) is 13.0 Å². The molecule has 1 fully saturated rings. The van der Waals surface area contributed by atoms with E-state index < -0.39 is 16.1 Å². The first kappa shape index (κ1) is 29.3. The van der Waals surface area contributed by atoms with E-state index in [4.69, 9.17) is 0 Å². The summed E-state index contributed by atoms with van der Waals surface area (Å²) in [5, 5.41) is 0. The van der Waals surface area contributed by atoms with Crippen molar-refractivity contribution in [2.75, 3.05) is 4.90 Å². The SMILES string of the molecule is Cc1ccc(S(=O)(=O)N[C@H]2CCC(C)(C)c3ccc(N(Cc4nccn4C)C(=O)[C@@H]4C[C@H]4c4ccc(F)cc4)cc32)cc1. The first-order valence-corrected chi connectivity index (χ1v) is 16.2. The van der Waals surface area contributed by atoms with Crippen LogP contribution < -0.4 is 9.62 Å². The number of amides is 1. The molecule has 2 aliphatic carbocycles. The van der Waals surface area contributed by atoms with E-state index in [-0.39, 0.29) is 40.4 Å². The van der Waals surface area contributed by atoms with Crippen LogP contribution in [0.5, 0.6) is 0 Å². The number of hydrogen-bond acceptors (Lipinski definition) is 4. The smallest absolute Gasteiger partial charge is 0.241 e. The average molecular weight is 601 g/mol. The molecule has 1 N–H and O–H groups in total. The van der Waals surface area contributed by atoms with Crippen LogP contribution >= 0.6 is 0 Å². The van der Waals surface area contributed by atoms with Gasteiger partial charge in [0.05, 0.1) is 11.4 Å². The number of fused-ring (bicyclic) bond motifs is 1. The Morgan fingerprint density at radius 1 is 1.09 bits per heavy atom. The van der Waals surface area contributed by atoms with Gasteiger partial charge in [-0.25, -0.2) is 22.5 Å². The standard InChI is InChI=1S/C34H37FN4O3S/c1-22-5-12-26(13-6-22)43(41,42)37-31-15-16-34(2,3)30-14-11-25(19-29(30)31)39(21-32-36-17-18-38(32)4)33(40)28-20-27(28)23-7-9-24(35)10-8-23/h5-14,17-19,27-28,31,37H,15-16,20-21H2,1-4H3/t27-,28+,31-/m0/s1. The van der Waals surface area contributed by atoms with Crippen molar-refractivity contribution < 1.29 is 17.6 Å². The quantitative estimate of drug-likeness (QED) is 0.258. The highest BCUT2D eigenvalue weighted by atomic mass is 32.2. The Balaban J connectivity index is 1.35. The summed E-state index contributed by atoms with van der Waals surface area (Å²) in [5.74, 6) is 0.219. The number of hydrogen-bond donors (Lipinski definition) is 1. The fourth-order valence-electron chi connectivity index (χ4n) is 6.25. The number of nitrogens with one attached hydrogen (secondary N) is 1. The van der Waals surface area contributed by atoms with Crippen molar-refractivity contribution in [3.05, 3.63) is 113 Å². The van der Waals surface area contributed by atoms with Gasteiger partial charge in [-0.15, -0.1) is 0 Å². The number of benzene rings is 3. The highest BCUT2D eigenvalue weighted by Gasteiger charge is 2.46. The maximum Gasteiger partial charge on any atom is 0.241 e. The Bertz CT molecular complexity index is 1760. The van der Waals surface area contributed by atoms with Gasteiger partial charge in [0.1, 0.15) is 11.6 Å². The van der Waals surface area contributed by atoms with Crippen LogP contribution in [-0.4, -0.2) is 23.9 Å². The Kier molecular flexibility index (Phi) is 7.50. The number of sulfonamides is 1. The molecule has 9 heteroatoms. The first-order valence-electron chi connectivity index (χ1n) is 14.7. The number of rotatable bonds is 8. The van der Waals surface area contributed by atoms with E-state index in [0.29, 0.717) is 18.5 Å². The predicted octanol–water partition coefficient (Wildman–Crippen LogP) is 6.30. The maximum atomic E-state index is 14.1. The molecule has 1 saturated carbocycles. The van der Waals surface area contributed by atoms with Gasteiger partial charge in [-0.05, 0) is 90.6 Å². The molecule has 0 bridgehead atoms. The van der Waals surface area contributed by atoms with Crippen LogP contribution in [0.15, 0.2) is 84.0 Å². The zero-order chi connectivity index (χ0) is 30.5. The van der Waals surface area contributed by atoms with Crippen LogP contribution in [0.25, 0.3) is 0 Å². The second-order valence-electron chi connectivity index (χ2n) is 12.6. The van der Waals surface area contributed by atoms with E-state index in [9.17, 15) is 17.6 Å². The summed E-state index contributed by atoms with van der Waals surface area (Å²) in [5.41, 5.74) is 4.44. The van der Waals surface area contributed by atoms with Crippen molar-refractivity contribution in [1.82, 2.24) is 14.3 Å². The monoisotopic (exact) mass is 600 g/mol. The van der Waals surface area contributed by atoms with Gasteiger partial charge in [0.15, 0.2) is 0 Å². The predicted molar refractivity (Wildman–Crippen MR) is 165 cm³/mol. The molecule has 6 rings (SSSR count). The van der Waals surface area contributed by atoms with Gasteiger partial charge < -0.3 is 9.47 Å². The molecule has 0 aliphatic heterocycles. The lowest BCUT2D eigenvalue weighted by Gasteiger charge is -2.38. The normalized spacial score (nSPS) is 20.8. The molecule has 0 unspecified atom stereocenters. The summed E-state index contributed by atoms with van der Waals surface area (Å²) in [7, 11) is -1.87. The summed E-state index contributed by atoms with van der Waals surface area (Å²) in [6, 6.07) is 18.8. The van der Waals surface area contributed by atoms with Gasteiger partial charge in [-0.3, -0.25) is 4.79 Å². The van der Waals surface area contributed by atoms with E-state index in [2.05, 4.69) is 23.6 Å². The highest BCUT2D eigenvalue weighted by molar-refractivity contribution is 7.89. The molecular weight excluding hydrogens is 563 g/mol. The summed E-state index contributed by atoms with van der Waals surface area (Å²) in [6.07, 6.45) is 5.71. The van der Waals surface area contributed by atoms with Crippen LogP contribution in [0.3, 0.4) is 0 Å². The number of aryl methyl sites for hydroxylation is 2. The second-order valence-corrected chi connectivity index (χ2v) is 14.3. The van der Waals surface area contributed by atoms with E-state index in [1.165, 1.54) is 12.1 Å². The highest BCUT2D eigenvalue weighted by Crippen LogP contribution is 2.50. The molecule has 2 aliphatic rings. The first-order chi connectivity index (χ1) is 20.4. The molecule has 1 amide bonds. The van der Waals surface area contributed by atoms with Crippen molar-refractivity contribution in [1.29, 1.82) is 0 Å². The van der Waals surface area contributed by atoms with E-state index in [1.54, 1.807) is 47.5 Å². The van der Waals surface area contributed by atoms with Gasteiger partial charge in [-0.1, -0.05) is 49.7 Å². The number of aromatic nitrogens is 2. The lowest BCUT2D eigenvalue weighted by atomic mass is 9.71. The van der Waals surface area contributed by atoms with Crippen molar-refractivity contribution >= 4 is 21.6 Å². The fourth-order valence-corrected chi connectivity index (χ4v) is 7.50. The van der Waals surface area contributed by atoms with Crippen LogP contribution in [0.1, 0.15) is 73.1 Å². The third-order valence-electron chi connectivity index (χ3n) is 9.03. The lowest BCUT2D eigenvalue weighted by molar-refractivity contribution is -0.120. The van der Waals surface area contributed by atoms with Crippen molar-refractivity contribution in [3.63, 3.8) is 0 Å². The van der Waals surface area contributed by atoms with E-state index in [0.717, 1.165) is 34.5 Å². The molecular formula is C34H37FN4O3S. The Labute approximate surface area is 252 Å². The Morgan fingerprint density at radius 2 is 1.81 bits per heavy atom. The summed E-state index contributed by atoms with van der Waals surface area (Å²) in [6.45, 7) is 6.54. The summed E-state index contributed by atoms with van der Waals surface area (Å²) >= 11 is 0. The number of anilines is 1. The van der Waals surface area contributed by atoms with Crippen molar-refractivity contribution in [3.8, 4) is 0 Å². The molecule has 43 heavy (non-hydrogen) atoms. The van der Waals surface area contributed by atoms with Crippen LogP contribution in [-0.2, 0) is 33.8 Å². The molecule has 3 aromatic carbocycles. The minimum absolute atomic E-state index is 0.0240. The zero-order valence-corrected chi connectivity index (χ0v) is 25.7. The topological polar surface area (TPSA) is 84.3 Å². The van der Waals surface area contributed by atoms with E-state index >= 15 is 0 Å². The molecule has 0 saturated heterocycles. The van der Waals surface area contributed by atoms with Gasteiger partial charge in [0.25, 0.3) is 0 Å². The van der Waals surface area contributed by atoms with Crippen molar-refractivity contribution in [2.45, 2.75) is 68.8 Å². The van der Waals surface area contributed by atoms with Crippen LogP contribution in [0.4, 0.5) is 10.1 Å².